The molecule has 0 radical (unpaired) electrons. The lowest BCUT2D eigenvalue weighted by atomic mass is 10.0. The molecule has 0 saturated heterocycles. The largest absolute Gasteiger partial charge is 0.326 e. The molecule has 0 aliphatic heterocycles. The molecule has 0 spiro atoms. The molecule has 1 heterocycles. The molecular formula is C14H19N3. The summed E-state index contributed by atoms with van der Waals surface area (Å²) in [5.74, 6) is 0. The molecule has 0 amide bonds. The van der Waals surface area contributed by atoms with Gasteiger partial charge in [-0.05, 0) is 37.5 Å². The molecule has 1 aromatic heterocycles. The molecule has 0 atom stereocenters. The van der Waals surface area contributed by atoms with Crippen molar-refractivity contribution in [2.75, 3.05) is 0 Å². The minimum Gasteiger partial charge on any atom is -0.326 e. The Labute approximate surface area is 102 Å². The summed E-state index contributed by atoms with van der Waals surface area (Å²) in [6.07, 6.45) is 1.86. The highest BCUT2D eigenvalue weighted by atomic mass is 15.3. The fraction of sp³-hybridized carbons (Fsp3) is 0.357. The van der Waals surface area contributed by atoms with Crippen LogP contribution in [0.2, 0.25) is 0 Å². The standard InChI is InChI=1S/C14H19N3/c1-10-5-4-6-11(2)14(10)9-17-12(3)13(7-15)8-16-17/h4-6,8H,7,9,15H2,1-3H3. The molecule has 0 unspecified atom stereocenters. The summed E-state index contributed by atoms with van der Waals surface area (Å²) >= 11 is 0. The molecule has 0 aliphatic carbocycles. The van der Waals surface area contributed by atoms with Crippen LogP contribution in [0.5, 0.6) is 0 Å². The quantitative estimate of drug-likeness (QED) is 0.877. The van der Waals surface area contributed by atoms with Crippen molar-refractivity contribution in [3.05, 3.63) is 52.3 Å². The number of hydrogen-bond donors (Lipinski definition) is 1. The maximum Gasteiger partial charge on any atom is 0.0667 e. The van der Waals surface area contributed by atoms with Crippen LogP contribution in [-0.4, -0.2) is 9.78 Å². The zero-order valence-corrected chi connectivity index (χ0v) is 10.7. The predicted molar refractivity (Wildman–Crippen MR) is 69.9 cm³/mol. The summed E-state index contributed by atoms with van der Waals surface area (Å²) in [5, 5.41) is 4.40. The normalized spacial score (nSPS) is 10.8. The Morgan fingerprint density at radius 2 is 1.82 bits per heavy atom. The number of aryl methyl sites for hydroxylation is 2. The minimum absolute atomic E-state index is 0.554. The lowest BCUT2D eigenvalue weighted by Crippen LogP contribution is -2.08. The first-order chi connectivity index (χ1) is 8.13. The number of nitrogens with two attached hydrogens (primary N) is 1. The van der Waals surface area contributed by atoms with Crippen LogP contribution < -0.4 is 5.73 Å². The van der Waals surface area contributed by atoms with Crippen LogP contribution in [0.1, 0.15) is 27.9 Å². The van der Waals surface area contributed by atoms with Gasteiger partial charge in [0.15, 0.2) is 0 Å². The summed E-state index contributed by atoms with van der Waals surface area (Å²) < 4.78 is 2.03. The van der Waals surface area contributed by atoms with Crippen molar-refractivity contribution in [1.29, 1.82) is 0 Å². The van der Waals surface area contributed by atoms with Gasteiger partial charge >= 0.3 is 0 Å². The zero-order chi connectivity index (χ0) is 12.4. The second-order valence-electron chi connectivity index (χ2n) is 4.49. The van der Waals surface area contributed by atoms with Crippen LogP contribution in [-0.2, 0) is 13.1 Å². The van der Waals surface area contributed by atoms with E-state index in [0.717, 1.165) is 17.8 Å². The smallest absolute Gasteiger partial charge is 0.0667 e. The van der Waals surface area contributed by atoms with E-state index in [0.29, 0.717) is 6.54 Å². The van der Waals surface area contributed by atoms with E-state index in [1.807, 2.05) is 10.9 Å². The first-order valence-corrected chi connectivity index (χ1v) is 5.90. The van der Waals surface area contributed by atoms with Gasteiger partial charge in [0, 0.05) is 17.8 Å². The van der Waals surface area contributed by atoms with Crippen LogP contribution in [0.3, 0.4) is 0 Å². The van der Waals surface area contributed by atoms with Gasteiger partial charge in [-0.25, -0.2) is 0 Å². The van der Waals surface area contributed by atoms with Crippen molar-refractivity contribution in [2.45, 2.75) is 33.9 Å². The highest BCUT2D eigenvalue weighted by Gasteiger charge is 2.08. The Morgan fingerprint density at radius 3 is 2.35 bits per heavy atom. The number of benzene rings is 1. The lowest BCUT2D eigenvalue weighted by Gasteiger charge is -2.11. The summed E-state index contributed by atoms with van der Waals surface area (Å²) in [6.45, 7) is 7.74. The lowest BCUT2D eigenvalue weighted by molar-refractivity contribution is 0.658. The van der Waals surface area contributed by atoms with E-state index in [2.05, 4.69) is 44.1 Å². The van der Waals surface area contributed by atoms with Gasteiger partial charge in [-0.1, -0.05) is 18.2 Å². The topological polar surface area (TPSA) is 43.8 Å². The maximum absolute atomic E-state index is 5.66. The molecule has 3 nitrogen and oxygen atoms in total. The molecule has 0 saturated carbocycles. The van der Waals surface area contributed by atoms with E-state index >= 15 is 0 Å². The first-order valence-electron chi connectivity index (χ1n) is 5.90. The molecule has 0 aliphatic rings. The SMILES string of the molecule is Cc1cccc(C)c1Cn1ncc(CN)c1C. The Bertz CT molecular complexity index is 506. The Morgan fingerprint density at radius 1 is 1.18 bits per heavy atom. The van der Waals surface area contributed by atoms with E-state index in [4.69, 9.17) is 5.73 Å². The van der Waals surface area contributed by atoms with Crippen molar-refractivity contribution in [1.82, 2.24) is 9.78 Å². The Balaban J connectivity index is 2.35. The molecule has 90 valence electrons. The molecule has 17 heavy (non-hydrogen) atoms. The van der Waals surface area contributed by atoms with Gasteiger partial charge < -0.3 is 5.73 Å². The molecule has 2 aromatic rings. The minimum atomic E-state index is 0.554. The van der Waals surface area contributed by atoms with E-state index in [9.17, 15) is 0 Å². The van der Waals surface area contributed by atoms with Gasteiger partial charge in [0.25, 0.3) is 0 Å². The molecule has 2 rings (SSSR count). The third kappa shape index (κ3) is 2.24. The van der Waals surface area contributed by atoms with Crippen LogP contribution >= 0.6 is 0 Å². The summed E-state index contributed by atoms with van der Waals surface area (Å²) in [6, 6.07) is 6.38. The van der Waals surface area contributed by atoms with Crippen molar-refractivity contribution < 1.29 is 0 Å². The highest BCUT2D eigenvalue weighted by Crippen LogP contribution is 2.16. The zero-order valence-electron chi connectivity index (χ0n) is 10.7. The maximum atomic E-state index is 5.66. The number of rotatable bonds is 3. The summed E-state index contributed by atoms with van der Waals surface area (Å²) in [5.41, 5.74) is 11.9. The third-order valence-electron chi connectivity index (χ3n) is 3.38. The van der Waals surface area contributed by atoms with Crippen LogP contribution in [0, 0.1) is 20.8 Å². The van der Waals surface area contributed by atoms with Crippen molar-refractivity contribution in [3.8, 4) is 0 Å². The van der Waals surface area contributed by atoms with Gasteiger partial charge in [0.2, 0.25) is 0 Å². The average Bonchev–Trinajstić information content (AvgIpc) is 2.65. The first kappa shape index (κ1) is 11.9. The van der Waals surface area contributed by atoms with E-state index < -0.39 is 0 Å². The fourth-order valence-electron chi connectivity index (χ4n) is 2.09. The second kappa shape index (κ2) is 4.72. The highest BCUT2D eigenvalue weighted by molar-refractivity contribution is 5.34. The van der Waals surface area contributed by atoms with E-state index in [1.54, 1.807) is 0 Å². The predicted octanol–water partition coefficient (Wildman–Crippen LogP) is 2.32. The monoisotopic (exact) mass is 229 g/mol. The van der Waals surface area contributed by atoms with E-state index in [-0.39, 0.29) is 0 Å². The van der Waals surface area contributed by atoms with Crippen molar-refractivity contribution in [3.63, 3.8) is 0 Å². The van der Waals surface area contributed by atoms with E-state index in [1.165, 1.54) is 16.7 Å². The fourth-order valence-corrected chi connectivity index (χ4v) is 2.09. The van der Waals surface area contributed by atoms with Gasteiger partial charge in [-0.3, -0.25) is 4.68 Å². The van der Waals surface area contributed by atoms with Gasteiger partial charge in [0.05, 0.1) is 12.7 Å². The van der Waals surface area contributed by atoms with Crippen LogP contribution in [0.25, 0.3) is 0 Å². The van der Waals surface area contributed by atoms with Gasteiger partial charge in [0.1, 0.15) is 0 Å². The van der Waals surface area contributed by atoms with Crippen molar-refractivity contribution in [2.24, 2.45) is 5.73 Å². The number of nitrogens with zero attached hydrogens (tertiary/aromatic N) is 2. The third-order valence-corrected chi connectivity index (χ3v) is 3.38. The average molecular weight is 229 g/mol. The van der Waals surface area contributed by atoms with Crippen LogP contribution in [0.4, 0.5) is 0 Å². The number of hydrogen-bond acceptors (Lipinski definition) is 2. The molecule has 0 bridgehead atoms. The molecule has 2 N–H and O–H groups in total. The molecule has 1 aromatic carbocycles. The summed E-state index contributed by atoms with van der Waals surface area (Å²) in [7, 11) is 0. The van der Waals surface area contributed by atoms with Crippen LogP contribution in [0.15, 0.2) is 24.4 Å². The van der Waals surface area contributed by atoms with Gasteiger partial charge in [-0.15, -0.1) is 0 Å². The van der Waals surface area contributed by atoms with Crippen molar-refractivity contribution >= 4 is 0 Å². The molecule has 0 fully saturated rings. The molecule has 3 heteroatoms. The summed E-state index contributed by atoms with van der Waals surface area (Å²) in [4.78, 5) is 0. The Kier molecular flexibility index (Phi) is 3.29. The number of aromatic nitrogens is 2. The molecular weight excluding hydrogens is 210 g/mol. The Hall–Kier alpha value is -1.61. The second-order valence-corrected chi connectivity index (χ2v) is 4.49. The van der Waals surface area contributed by atoms with Gasteiger partial charge in [-0.2, -0.15) is 5.10 Å².